The highest BCUT2D eigenvalue weighted by atomic mass is 32.2. The minimum Gasteiger partial charge on any atom is -0.443 e. The predicted molar refractivity (Wildman–Crippen MR) is 95.1 cm³/mol. The van der Waals surface area contributed by atoms with Gasteiger partial charge in [0.25, 0.3) is 11.8 Å². The number of carbonyl (C=O) groups is 4. The van der Waals surface area contributed by atoms with Crippen molar-refractivity contribution in [1.82, 2.24) is 10.1 Å². The lowest BCUT2D eigenvalue weighted by molar-refractivity contribution is -0.142. The van der Waals surface area contributed by atoms with Crippen LogP contribution >= 0.6 is 11.8 Å². The molecule has 3 rings (SSSR count). The van der Waals surface area contributed by atoms with E-state index in [4.69, 9.17) is 9.26 Å². The number of thioether (sulfide) groups is 1. The van der Waals surface area contributed by atoms with E-state index in [1.807, 2.05) is 0 Å². The number of aromatic nitrogens is 1. The number of amides is 3. The van der Waals surface area contributed by atoms with E-state index in [2.05, 4.69) is 10.5 Å². The second-order valence-electron chi connectivity index (χ2n) is 5.59. The number of esters is 1. The van der Waals surface area contributed by atoms with Gasteiger partial charge in [0.2, 0.25) is 5.91 Å². The van der Waals surface area contributed by atoms with Crippen LogP contribution in [0.2, 0.25) is 0 Å². The molecule has 1 aliphatic rings. The number of fused-ring (bicyclic) bond motifs is 1. The number of nitrogens with one attached hydrogen (secondary N) is 1. The topological polar surface area (TPSA) is 119 Å². The molecular weight excluding hydrogens is 374 g/mol. The highest BCUT2D eigenvalue weighted by molar-refractivity contribution is 8.00. The highest BCUT2D eigenvalue weighted by Gasteiger charge is 2.35. The minimum absolute atomic E-state index is 0.00796. The zero-order chi connectivity index (χ0) is 19.4. The number of carbonyl (C=O) groups excluding carboxylic acids is 4. The molecule has 0 atom stereocenters. The van der Waals surface area contributed by atoms with E-state index < -0.39 is 24.5 Å². The predicted octanol–water partition coefficient (Wildman–Crippen LogP) is 1.45. The zero-order valence-corrected chi connectivity index (χ0v) is 15.1. The Morgan fingerprint density at radius 3 is 2.44 bits per heavy atom. The lowest BCUT2D eigenvalue weighted by Gasteiger charge is -2.13. The number of hydrogen-bond acceptors (Lipinski definition) is 8. The number of imide groups is 1. The lowest BCUT2D eigenvalue weighted by Crippen LogP contribution is -2.33. The van der Waals surface area contributed by atoms with Crippen LogP contribution in [0.25, 0.3) is 0 Å². The molecule has 1 N–H and O–H groups in total. The smallest absolute Gasteiger partial charge is 0.317 e. The van der Waals surface area contributed by atoms with Crippen molar-refractivity contribution in [3.63, 3.8) is 0 Å². The van der Waals surface area contributed by atoms with E-state index in [9.17, 15) is 19.2 Å². The SMILES string of the molecule is Cc1cc(NC(=O)CSCC(=O)OCN2C(=O)c3ccccc3C2=O)no1. The molecule has 1 aliphatic heterocycles. The summed E-state index contributed by atoms with van der Waals surface area (Å²) >= 11 is 1.03. The molecule has 3 amide bonds. The van der Waals surface area contributed by atoms with Crippen LogP contribution in [0.3, 0.4) is 0 Å². The minimum atomic E-state index is -0.637. The highest BCUT2D eigenvalue weighted by Crippen LogP contribution is 2.22. The first-order chi connectivity index (χ1) is 13.0. The first-order valence-electron chi connectivity index (χ1n) is 7.87. The normalized spacial score (nSPS) is 12.9. The van der Waals surface area contributed by atoms with Crippen LogP contribution < -0.4 is 5.32 Å². The van der Waals surface area contributed by atoms with Gasteiger partial charge in [0.05, 0.1) is 22.6 Å². The molecule has 140 valence electrons. The average molecular weight is 389 g/mol. The maximum absolute atomic E-state index is 12.1. The number of benzene rings is 1. The maximum atomic E-state index is 12.1. The Balaban J connectivity index is 1.40. The second-order valence-corrected chi connectivity index (χ2v) is 6.58. The molecule has 0 spiro atoms. The van der Waals surface area contributed by atoms with E-state index in [-0.39, 0.29) is 28.5 Å². The fraction of sp³-hybridized carbons (Fsp3) is 0.235. The molecule has 9 nitrogen and oxygen atoms in total. The molecule has 0 saturated carbocycles. The monoisotopic (exact) mass is 389 g/mol. The van der Waals surface area contributed by atoms with Crippen LogP contribution in [0.1, 0.15) is 26.5 Å². The maximum Gasteiger partial charge on any atom is 0.317 e. The van der Waals surface area contributed by atoms with Crippen molar-refractivity contribution >= 4 is 41.3 Å². The number of nitrogens with zero attached hydrogens (tertiary/aromatic N) is 2. The van der Waals surface area contributed by atoms with Crippen molar-refractivity contribution in [3.8, 4) is 0 Å². The van der Waals surface area contributed by atoms with Gasteiger partial charge in [-0.05, 0) is 19.1 Å². The molecule has 0 aliphatic carbocycles. The fourth-order valence-electron chi connectivity index (χ4n) is 2.37. The molecule has 1 aromatic heterocycles. The van der Waals surface area contributed by atoms with Crippen molar-refractivity contribution in [2.75, 3.05) is 23.6 Å². The summed E-state index contributed by atoms with van der Waals surface area (Å²) in [6.07, 6.45) is 0. The van der Waals surface area contributed by atoms with E-state index in [0.29, 0.717) is 11.6 Å². The van der Waals surface area contributed by atoms with Gasteiger partial charge in [0.15, 0.2) is 12.5 Å². The van der Waals surface area contributed by atoms with E-state index >= 15 is 0 Å². The summed E-state index contributed by atoms with van der Waals surface area (Å²) in [4.78, 5) is 48.6. The number of aryl methyl sites for hydroxylation is 1. The fourth-order valence-corrected chi connectivity index (χ4v) is 2.98. The Kier molecular flexibility index (Phi) is 5.55. The van der Waals surface area contributed by atoms with Crippen LogP contribution in [0.5, 0.6) is 0 Å². The van der Waals surface area contributed by atoms with Crippen molar-refractivity contribution in [3.05, 3.63) is 47.2 Å². The second kappa shape index (κ2) is 8.04. The Morgan fingerprint density at radius 1 is 1.19 bits per heavy atom. The van der Waals surface area contributed by atoms with Crippen molar-refractivity contribution in [1.29, 1.82) is 0 Å². The molecule has 0 bridgehead atoms. The van der Waals surface area contributed by atoms with Crippen LogP contribution in [0.15, 0.2) is 34.9 Å². The third-order valence-corrected chi connectivity index (χ3v) is 4.49. The van der Waals surface area contributed by atoms with E-state index in [0.717, 1.165) is 16.7 Å². The molecular formula is C17H15N3O6S. The van der Waals surface area contributed by atoms with Crippen LogP contribution in [-0.4, -0.2) is 52.0 Å². The summed E-state index contributed by atoms with van der Waals surface area (Å²) in [5.41, 5.74) is 0.570. The zero-order valence-electron chi connectivity index (χ0n) is 14.3. The van der Waals surface area contributed by atoms with Crippen LogP contribution in [0, 0.1) is 6.92 Å². The van der Waals surface area contributed by atoms with Gasteiger partial charge in [0, 0.05) is 6.07 Å². The quantitative estimate of drug-likeness (QED) is 0.558. The molecule has 0 unspecified atom stereocenters. The molecule has 0 saturated heterocycles. The van der Waals surface area contributed by atoms with Gasteiger partial charge in [0.1, 0.15) is 5.76 Å². The number of anilines is 1. The Hall–Kier alpha value is -3.14. The van der Waals surface area contributed by atoms with Gasteiger partial charge in [-0.2, -0.15) is 0 Å². The van der Waals surface area contributed by atoms with Crippen molar-refractivity contribution < 1.29 is 28.4 Å². The molecule has 27 heavy (non-hydrogen) atoms. The molecule has 0 fully saturated rings. The van der Waals surface area contributed by atoms with Gasteiger partial charge in [-0.3, -0.25) is 19.2 Å². The van der Waals surface area contributed by atoms with Crippen LogP contribution in [0.4, 0.5) is 5.82 Å². The Bertz CT molecular complexity index is 875. The Labute approximate surface area is 158 Å². The summed E-state index contributed by atoms with van der Waals surface area (Å²) in [5, 5.41) is 6.15. The summed E-state index contributed by atoms with van der Waals surface area (Å²) in [6, 6.07) is 7.96. The molecule has 2 aromatic rings. The van der Waals surface area contributed by atoms with Gasteiger partial charge in [-0.15, -0.1) is 11.8 Å². The van der Waals surface area contributed by atoms with Gasteiger partial charge in [-0.25, -0.2) is 4.90 Å². The summed E-state index contributed by atoms with van der Waals surface area (Å²) in [6.45, 7) is 1.23. The summed E-state index contributed by atoms with van der Waals surface area (Å²) in [7, 11) is 0. The van der Waals surface area contributed by atoms with Gasteiger partial charge in [-0.1, -0.05) is 17.3 Å². The van der Waals surface area contributed by atoms with E-state index in [1.54, 1.807) is 37.3 Å². The van der Waals surface area contributed by atoms with Crippen molar-refractivity contribution in [2.24, 2.45) is 0 Å². The largest absolute Gasteiger partial charge is 0.443 e. The van der Waals surface area contributed by atoms with Crippen molar-refractivity contribution in [2.45, 2.75) is 6.92 Å². The third kappa shape index (κ3) is 4.34. The summed E-state index contributed by atoms with van der Waals surface area (Å²) < 4.78 is 9.79. The molecule has 10 heteroatoms. The number of rotatable bonds is 7. The van der Waals surface area contributed by atoms with E-state index in [1.165, 1.54) is 0 Å². The Morgan fingerprint density at radius 2 is 1.85 bits per heavy atom. The molecule has 1 aromatic carbocycles. The number of ether oxygens (including phenoxy) is 1. The molecule has 0 radical (unpaired) electrons. The third-order valence-electron chi connectivity index (χ3n) is 3.58. The lowest BCUT2D eigenvalue weighted by atomic mass is 10.1. The first-order valence-corrected chi connectivity index (χ1v) is 9.03. The van der Waals surface area contributed by atoms with Gasteiger partial charge < -0.3 is 14.6 Å². The summed E-state index contributed by atoms with van der Waals surface area (Å²) in [5.74, 6) is -1.22. The standard InChI is InChI=1S/C17H15N3O6S/c1-10-6-13(19-26-10)18-14(21)7-27-8-15(22)25-9-20-16(23)11-4-2-3-5-12(11)17(20)24/h2-6H,7-9H2,1H3,(H,18,19,21). The first kappa shape index (κ1) is 18.6. The van der Waals surface area contributed by atoms with Crippen LogP contribution in [-0.2, 0) is 14.3 Å². The molecule has 2 heterocycles. The average Bonchev–Trinajstić information content (AvgIpc) is 3.15. The number of hydrogen-bond donors (Lipinski definition) is 1. The van der Waals surface area contributed by atoms with Gasteiger partial charge >= 0.3 is 5.97 Å².